The van der Waals surface area contributed by atoms with E-state index in [1.807, 2.05) is 0 Å². The normalized spacial score (nSPS) is 24.9. The molecule has 2 aliphatic rings. The lowest BCUT2D eigenvalue weighted by atomic mass is 10.0. The second-order valence-corrected chi connectivity index (χ2v) is 6.08. The number of hydrogen-bond donors (Lipinski definition) is 2. The highest BCUT2D eigenvalue weighted by Crippen LogP contribution is 2.35. The summed E-state index contributed by atoms with van der Waals surface area (Å²) in [6.45, 7) is 1.52. The van der Waals surface area contributed by atoms with E-state index in [2.05, 4.69) is 10.6 Å². The summed E-state index contributed by atoms with van der Waals surface area (Å²) >= 11 is 0. The monoisotopic (exact) mass is 327 g/mol. The molecule has 0 aliphatic carbocycles. The number of nitrogens with one attached hydrogen (secondary N) is 2. The second-order valence-electron chi connectivity index (χ2n) is 6.08. The van der Waals surface area contributed by atoms with Crippen molar-refractivity contribution in [2.24, 2.45) is 0 Å². The first-order valence-electron chi connectivity index (χ1n) is 7.94. The van der Waals surface area contributed by atoms with Crippen LogP contribution in [0.3, 0.4) is 0 Å². The number of rotatable bonds is 2. The minimum Gasteiger partial charge on any atom is -0.320 e. The molecular formula is C16H20F3N3O. The zero-order chi connectivity index (χ0) is 16.4. The molecule has 2 unspecified atom stereocenters. The fraction of sp³-hybridized carbons (Fsp3) is 0.562. The van der Waals surface area contributed by atoms with Crippen molar-refractivity contribution in [2.75, 3.05) is 18.4 Å². The Hall–Kier alpha value is -1.76. The Balaban J connectivity index is 1.74. The van der Waals surface area contributed by atoms with Gasteiger partial charge in [-0.1, -0.05) is 12.1 Å². The Labute approximate surface area is 133 Å². The first kappa shape index (κ1) is 16.1. The van der Waals surface area contributed by atoms with Crippen LogP contribution in [-0.4, -0.2) is 36.1 Å². The van der Waals surface area contributed by atoms with Crippen LogP contribution in [0.15, 0.2) is 24.3 Å². The van der Waals surface area contributed by atoms with E-state index in [0.29, 0.717) is 6.54 Å². The van der Waals surface area contributed by atoms with E-state index < -0.39 is 17.8 Å². The molecule has 0 bridgehead atoms. The second kappa shape index (κ2) is 6.39. The predicted molar refractivity (Wildman–Crippen MR) is 81.2 cm³/mol. The maximum absolute atomic E-state index is 13.0. The molecule has 0 aromatic heterocycles. The summed E-state index contributed by atoms with van der Waals surface area (Å²) in [7, 11) is 0. The van der Waals surface area contributed by atoms with Crippen molar-refractivity contribution in [2.45, 2.75) is 43.9 Å². The highest BCUT2D eigenvalue weighted by Gasteiger charge is 2.37. The first-order chi connectivity index (χ1) is 11.0. The van der Waals surface area contributed by atoms with Gasteiger partial charge in [-0.3, -0.25) is 0 Å². The number of anilines is 1. The van der Waals surface area contributed by atoms with Crippen LogP contribution in [0.25, 0.3) is 0 Å². The molecule has 23 heavy (non-hydrogen) atoms. The molecule has 7 heteroatoms. The molecule has 2 atom stereocenters. The van der Waals surface area contributed by atoms with Gasteiger partial charge in [0.05, 0.1) is 11.3 Å². The van der Waals surface area contributed by atoms with E-state index >= 15 is 0 Å². The van der Waals surface area contributed by atoms with Crippen LogP contribution in [0.4, 0.5) is 23.7 Å². The van der Waals surface area contributed by atoms with Gasteiger partial charge in [0.1, 0.15) is 0 Å². The number of nitrogens with zero attached hydrogens (tertiary/aromatic N) is 1. The molecule has 2 heterocycles. The number of carbonyl (C=O) groups is 1. The Kier molecular flexibility index (Phi) is 4.48. The third kappa shape index (κ3) is 3.44. The third-order valence-corrected chi connectivity index (χ3v) is 4.60. The van der Waals surface area contributed by atoms with Gasteiger partial charge in [-0.2, -0.15) is 13.2 Å². The fourth-order valence-corrected chi connectivity index (χ4v) is 3.53. The van der Waals surface area contributed by atoms with Crippen LogP contribution in [0.1, 0.15) is 31.2 Å². The van der Waals surface area contributed by atoms with E-state index in [0.717, 1.165) is 38.3 Å². The molecule has 4 nitrogen and oxygen atoms in total. The molecule has 2 saturated heterocycles. The molecular weight excluding hydrogens is 307 g/mol. The summed E-state index contributed by atoms with van der Waals surface area (Å²) in [6, 6.07) is 4.95. The van der Waals surface area contributed by atoms with Gasteiger partial charge in [0, 0.05) is 18.6 Å². The van der Waals surface area contributed by atoms with Crippen molar-refractivity contribution in [3.8, 4) is 0 Å². The van der Waals surface area contributed by atoms with Crippen LogP contribution in [-0.2, 0) is 6.18 Å². The number of halogens is 3. The number of urea groups is 1. The largest absolute Gasteiger partial charge is 0.418 e. The van der Waals surface area contributed by atoms with Crippen LogP contribution in [0.5, 0.6) is 0 Å². The van der Waals surface area contributed by atoms with Gasteiger partial charge in [-0.15, -0.1) is 0 Å². The van der Waals surface area contributed by atoms with Crippen molar-refractivity contribution in [3.05, 3.63) is 29.8 Å². The van der Waals surface area contributed by atoms with Crippen LogP contribution in [0, 0.1) is 0 Å². The van der Waals surface area contributed by atoms with Crippen LogP contribution >= 0.6 is 0 Å². The number of hydrogen-bond acceptors (Lipinski definition) is 2. The number of likely N-dealkylation sites (tertiary alicyclic amines) is 1. The zero-order valence-electron chi connectivity index (χ0n) is 12.7. The van der Waals surface area contributed by atoms with Gasteiger partial charge in [-0.25, -0.2) is 4.79 Å². The highest BCUT2D eigenvalue weighted by atomic mass is 19.4. The van der Waals surface area contributed by atoms with Gasteiger partial charge in [0.2, 0.25) is 0 Å². The number of alkyl halides is 3. The summed E-state index contributed by atoms with van der Waals surface area (Å²) in [5, 5.41) is 5.83. The number of benzene rings is 1. The first-order valence-corrected chi connectivity index (χ1v) is 7.94. The van der Waals surface area contributed by atoms with Gasteiger partial charge < -0.3 is 15.5 Å². The van der Waals surface area contributed by atoms with Gasteiger partial charge >= 0.3 is 12.2 Å². The summed E-state index contributed by atoms with van der Waals surface area (Å²) in [5.74, 6) is 0. The van der Waals surface area contributed by atoms with Gasteiger partial charge in [0.25, 0.3) is 0 Å². The topological polar surface area (TPSA) is 44.4 Å². The van der Waals surface area contributed by atoms with Crippen molar-refractivity contribution in [1.29, 1.82) is 0 Å². The summed E-state index contributed by atoms with van der Waals surface area (Å²) in [5.41, 5.74) is -1.00. The average molecular weight is 327 g/mol. The zero-order valence-corrected chi connectivity index (χ0v) is 12.7. The molecule has 2 aliphatic heterocycles. The fourth-order valence-electron chi connectivity index (χ4n) is 3.53. The average Bonchev–Trinajstić information content (AvgIpc) is 3.17. The SMILES string of the molecule is O=C(Nc1ccccc1C(F)(F)F)N1CCCC1C1CCCN1. The predicted octanol–water partition coefficient (Wildman–Crippen LogP) is 3.45. The minimum atomic E-state index is -4.48. The van der Waals surface area contributed by atoms with Crippen molar-refractivity contribution in [3.63, 3.8) is 0 Å². The van der Waals surface area contributed by atoms with E-state index in [-0.39, 0.29) is 17.8 Å². The molecule has 3 rings (SSSR count). The summed E-state index contributed by atoms with van der Waals surface area (Å²) in [6.07, 6.45) is -0.619. The smallest absolute Gasteiger partial charge is 0.320 e. The van der Waals surface area contributed by atoms with E-state index in [1.165, 1.54) is 18.2 Å². The van der Waals surface area contributed by atoms with E-state index in [1.54, 1.807) is 4.90 Å². The quantitative estimate of drug-likeness (QED) is 0.874. The third-order valence-electron chi connectivity index (χ3n) is 4.60. The Morgan fingerprint density at radius 3 is 2.70 bits per heavy atom. The lowest BCUT2D eigenvalue weighted by Crippen LogP contribution is -2.48. The van der Waals surface area contributed by atoms with Crippen LogP contribution < -0.4 is 10.6 Å². The number of carbonyl (C=O) groups excluding carboxylic acids is 1. The molecule has 1 aromatic carbocycles. The Morgan fingerprint density at radius 2 is 2.00 bits per heavy atom. The maximum Gasteiger partial charge on any atom is 0.418 e. The van der Waals surface area contributed by atoms with E-state index in [9.17, 15) is 18.0 Å². The summed E-state index contributed by atoms with van der Waals surface area (Å²) in [4.78, 5) is 14.2. The van der Waals surface area contributed by atoms with Crippen molar-refractivity contribution >= 4 is 11.7 Å². The maximum atomic E-state index is 13.0. The van der Waals surface area contributed by atoms with Crippen molar-refractivity contribution in [1.82, 2.24) is 10.2 Å². The van der Waals surface area contributed by atoms with Crippen molar-refractivity contribution < 1.29 is 18.0 Å². The number of para-hydroxylation sites is 1. The van der Waals surface area contributed by atoms with Gasteiger partial charge in [0.15, 0.2) is 0 Å². The minimum absolute atomic E-state index is 0.0653. The van der Waals surface area contributed by atoms with E-state index in [4.69, 9.17) is 0 Å². The molecule has 1 aromatic rings. The lowest BCUT2D eigenvalue weighted by Gasteiger charge is -2.30. The lowest BCUT2D eigenvalue weighted by molar-refractivity contribution is -0.136. The Morgan fingerprint density at radius 1 is 1.22 bits per heavy atom. The number of amides is 2. The van der Waals surface area contributed by atoms with Gasteiger partial charge in [-0.05, 0) is 44.4 Å². The standard InChI is InChI=1S/C16H20F3N3O/c17-16(18,19)11-5-1-2-6-12(11)21-15(23)22-10-4-8-14(22)13-7-3-9-20-13/h1-2,5-6,13-14,20H,3-4,7-10H2,(H,21,23). The molecule has 126 valence electrons. The van der Waals surface area contributed by atoms with Crippen LogP contribution in [0.2, 0.25) is 0 Å². The Bertz CT molecular complexity index is 570. The molecule has 0 saturated carbocycles. The summed E-state index contributed by atoms with van der Waals surface area (Å²) < 4.78 is 39.1. The molecule has 0 spiro atoms. The molecule has 2 amide bonds. The highest BCUT2D eigenvalue weighted by molar-refractivity contribution is 5.90. The molecule has 2 fully saturated rings. The molecule has 0 radical (unpaired) electrons. The molecule has 2 N–H and O–H groups in total.